The summed E-state index contributed by atoms with van der Waals surface area (Å²) in [6.45, 7) is 10.3. The smallest absolute Gasteiger partial charge is 0.309 e. The van der Waals surface area contributed by atoms with Crippen molar-refractivity contribution in [3.8, 4) is 0 Å². The summed E-state index contributed by atoms with van der Waals surface area (Å²) in [6.07, 6.45) is 11.1. The highest BCUT2D eigenvalue weighted by molar-refractivity contribution is 5.75. The molecule has 3 aliphatic rings. The number of carbonyl (C=O) groups excluding carboxylic acids is 2. The van der Waals surface area contributed by atoms with Crippen LogP contribution in [0.3, 0.4) is 0 Å². The van der Waals surface area contributed by atoms with Crippen molar-refractivity contribution in [1.82, 2.24) is 5.32 Å². The predicted molar refractivity (Wildman–Crippen MR) is 118 cm³/mol. The lowest BCUT2D eigenvalue weighted by Crippen LogP contribution is -2.44. The van der Waals surface area contributed by atoms with Gasteiger partial charge in [0.15, 0.2) is 0 Å². The molecule has 0 atom stereocenters. The Bertz CT molecular complexity index is 528. The van der Waals surface area contributed by atoms with Gasteiger partial charge < -0.3 is 14.8 Å². The molecule has 0 aromatic heterocycles. The summed E-state index contributed by atoms with van der Waals surface area (Å²) in [6, 6.07) is 0. The van der Waals surface area contributed by atoms with Crippen molar-refractivity contribution in [2.45, 2.75) is 110 Å². The molecule has 0 spiro atoms. The lowest BCUT2D eigenvalue weighted by molar-refractivity contribution is -0.175. The Kier molecular flexibility index (Phi) is 7.86. The number of hydrogen-bond acceptors (Lipinski definition) is 5. The maximum atomic E-state index is 12.8. The fourth-order valence-electron chi connectivity index (χ4n) is 5.73. The molecule has 5 nitrogen and oxygen atoms in total. The third-order valence-electron chi connectivity index (χ3n) is 8.03. The molecule has 5 heteroatoms. The van der Waals surface area contributed by atoms with Gasteiger partial charge in [-0.1, -0.05) is 19.3 Å². The Morgan fingerprint density at radius 2 is 1.03 bits per heavy atom. The van der Waals surface area contributed by atoms with E-state index in [1.165, 1.54) is 19.3 Å². The molecule has 2 aliphatic carbocycles. The van der Waals surface area contributed by atoms with Crippen molar-refractivity contribution in [3.05, 3.63) is 0 Å². The molecule has 0 aromatic carbocycles. The van der Waals surface area contributed by atoms with Gasteiger partial charge >= 0.3 is 11.9 Å². The van der Waals surface area contributed by atoms with E-state index in [9.17, 15) is 9.59 Å². The normalized spacial score (nSPS) is 27.5. The van der Waals surface area contributed by atoms with Crippen LogP contribution in [0.1, 0.15) is 98.3 Å². The van der Waals surface area contributed by atoms with Crippen molar-refractivity contribution in [1.29, 1.82) is 0 Å². The number of nitrogens with one attached hydrogen (secondary N) is 1. The molecule has 0 aromatic rings. The first-order valence-electron chi connectivity index (χ1n) is 12.4. The van der Waals surface area contributed by atoms with Gasteiger partial charge in [0.2, 0.25) is 0 Å². The number of rotatable bonds is 6. The van der Waals surface area contributed by atoms with E-state index in [1.54, 1.807) is 0 Å². The van der Waals surface area contributed by atoms with Crippen LogP contribution in [0, 0.1) is 23.7 Å². The molecule has 3 rings (SSSR count). The standard InChI is InChI=1S/C25H43NO4/c1-24(2,20-8-6-5-7-9-20)29-22(27)18-10-12-19(13-11-18)23(28)30-25(3,4)21-14-16-26-17-15-21/h18-21,26H,5-17H2,1-4H3. The Morgan fingerprint density at radius 1 is 0.633 bits per heavy atom. The highest BCUT2D eigenvalue weighted by Crippen LogP contribution is 2.38. The highest BCUT2D eigenvalue weighted by Gasteiger charge is 2.40. The molecule has 0 bridgehead atoms. The van der Waals surface area contributed by atoms with Crippen LogP contribution < -0.4 is 5.32 Å². The highest BCUT2D eigenvalue weighted by atomic mass is 16.6. The van der Waals surface area contributed by atoms with Crippen LogP contribution in [0.4, 0.5) is 0 Å². The minimum absolute atomic E-state index is 0.0626. The van der Waals surface area contributed by atoms with Gasteiger partial charge in [-0.15, -0.1) is 0 Å². The quantitative estimate of drug-likeness (QED) is 0.610. The summed E-state index contributed by atoms with van der Waals surface area (Å²) in [7, 11) is 0. The molecule has 0 amide bonds. The molecular formula is C25H43NO4. The number of piperidine rings is 1. The predicted octanol–water partition coefficient (Wildman–Crippen LogP) is 5.02. The zero-order valence-corrected chi connectivity index (χ0v) is 19.6. The first-order chi connectivity index (χ1) is 14.2. The number of hydrogen-bond donors (Lipinski definition) is 1. The Labute approximate surface area is 183 Å². The summed E-state index contributed by atoms with van der Waals surface area (Å²) < 4.78 is 12.0. The second-order valence-electron chi connectivity index (χ2n) is 11.0. The van der Waals surface area contributed by atoms with Crippen LogP contribution in [-0.4, -0.2) is 36.2 Å². The molecule has 0 unspecified atom stereocenters. The van der Waals surface area contributed by atoms with Crippen molar-refractivity contribution < 1.29 is 19.1 Å². The van der Waals surface area contributed by atoms with E-state index in [0.717, 1.165) is 64.5 Å². The van der Waals surface area contributed by atoms with E-state index in [4.69, 9.17) is 9.47 Å². The fourth-order valence-corrected chi connectivity index (χ4v) is 5.73. The first-order valence-corrected chi connectivity index (χ1v) is 12.4. The summed E-state index contributed by atoms with van der Waals surface area (Å²) in [4.78, 5) is 25.6. The Balaban J connectivity index is 1.45. The van der Waals surface area contributed by atoms with Gasteiger partial charge in [0.25, 0.3) is 0 Å². The van der Waals surface area contributed by atoms with Crippen LogP contribution in [0.15, 0.2) is 0 Å². The topological polar surface area (TPSA) is 64.6 Å². The Hall–Kier alpha value is -1.10. The summed E-state index contributed by atoms with van der Waals surface area (Å²) >= 11 is 0. The van der Waals surface area contributed by atoms with Crippen LogP contribution in [0.25, 0.3) is 0 Å². The SMILES string of the molecule is CC(C)(OC(=O)C1CCC(C(=O)OC(C)(C)C2CCNCC2)CC1)C1CCCCC1. The van der Waals surface area contributed by atoms with Crippen molar-refractivity contribution in [2.75, 3.05) is 13.1 Å². The lowest BCUT2D eigenvalue weighted by Gasteiger charge is -2.39. The zero-order chi connectivity index (χ0) is 21.8. The monoisotopic (exact) mass is 421 g/mol. The first kappa shape index (κ1) is 23.6. The van der Waals surface area contributed by atoms with Gasteiger partial charge in [0, 0.05) is 5.92 Å². The number of ether oxygens (including phenoxy) is 2. The average molecular weight is 422 g/mol. The fraction of sp³-hybridized carbons (Fsp3) is 0.920. The van der Waals surface area contributed by atoms with E-state index < -0.39 is 5.60 Å². The summed E-state index contributed by atoms with van der Waals surface area (Å²) in [5, 5.41) is 3.37. The van der Waals surface area contributed by atoms with Crippen LogP contribution in [0.5, 0.6) is 0 Å². The summed E-state index contributed by atoms with van der Waals surface area (Å²) in [5.74, 6) is 0.589. The third kappa shape index (κ3) is 5.99. The molecule has 2 saturated carbocycles. The van der Waals surface area contributed by atoms with E-state index >= 15 is 0 Å². The van der Waals surface area contributed by atoms with Crippen molar-refractivity contribution >= 4 is 11.9 Å². The van der Waals surface area contributed by atoms with Crippen LogP contribution in [-0.2, 0) is 19.1 Å². The van der Waals surface area contributed by atoms with Gasteiger partial charge in [-0.05, 0) is 98.1 Å². The van der Waals surface area contributed by atoms with Crippen LogP contribution in [0.2, 0.25) is 0 Å². The molecule has 1 N–H and O–H groups in total. The molecule has 172 valence electrons. The lowest BCUT2D eigenvalue weighted by atomic mass is 9.78. The largest absolute Gasteiger partial charge is 0.459 e. The van der Waals surface area contributed by atoms with Crippen LogP contribution >= 0.6 is 0 Å². The number of carbonyl (C=O) groups is 2. The maximum absolute atomic E-state index is 12.8. The minimum Gasteiger partial charge on any atom is -0.459 e. The van der Waals surface area contributed by atoms with E-state index in [0.29, 0.717) is 11.8 Å². The van der Waals surface area contributed by atoms with Gasteiger partial charge in [-0.2, -0.15) is 0 Å². The Morgan fingerprint density at radius 3 is 1.47 bits per heavy atom. The average Bonchev–Trinajstić information content (AvgIpc) is 2.74. The van der Waals surface area contributed by atoms with Crippen molar-refractivity contribution in [2.24, 2.45) is 23.7 Å². The molecule has 0 radical (unpaired) electrons. The molecule has 1 saturated heterocycles. The van der Waals surface area contributed by atoms with E-state index in [-0.39, 0.29) is 29.4 Å². The molecule has 1 heterocycles. The molecule has 30 heavy (non-hydrogen) atoms. The molecular weight excluding hydrogens is 378 g/mol. The third-order valence-corrected chi connectivity index (χ3v) is 8.03. The van der Waals surface area contributed by atoms with Gasteiger partial charge in [-0.3, -0.25) is 9.59 Å². The van der Waals surface area contributed by atoms with E-state index in [1.807, 2.05) is 0 Å². The van der Waals surface area contributed by atoms with Crippen molar-refractivity contribution in [3.63, 3.8) is 0 Å². The number of esters is 2. The van der Waals surface area contributed by atoms with E-state index in [2.05, 4.69) is 33.0 Å². The van der Waals surface area contributed by atoms with Gasteiger partial charge in [-0.25, -0.2) is 0 Å². The second-order valence-corrected chi connectivity index (χ2v) is 11.0. The summed E-state index contributed by atoms with van der Waals surface area (Å²) in [5.41, 5.74) is -0.800. The second kappa shape index (κ2) is 10.0. The van der Waals surface area contributed by atoms with Gasteiger partial charge in [0.05, 0.1) is 11.8 Å². The maximum Gasteiger partial charge on any atom is 0.309 e. The molecule has 3 fully saturated rings. The minimum atomic E-state index is -0.418. The molecule has 1 aliphatic heterocycles. The van der Waals surface area contributed by atoms with Gasteiger partial charge in [0.1, 0.15) is 11.2 Å². The zero-order valence-electron chi connectivity index (χ0n) is 19.6.